The summed E-state index contributed by atoms with van der Waals surface area (Å²) in [6, 6.07) is 0.383. The Morgan fingerprint density at radius 2 is 2.19 bits per heavy atom. The minimum atomic E-state index is 0.322. The first-order chi connectivity index (χ1) is 7.62. The minimum absolute atomic E-state index is 0.322. The molecule has 0 spiro atoms. The van der Waals surface area contributed by atoms with E-state index in [0.29, 0.717) is 11.5 Å². The van der Waals surface area contributed by atoms with E-state index in [1.54, 1.807) is 0 Å². The van der Waals surface area contributed by atoms with Gasteiger partial charge in [-0.1, -0.05) is 20.3 Å². The number of rotatable bonds is 7. The van der Waals surface area contributed by atoms with Gasteiger partial charge in [-0.05, 0) is 31.7 Å². The Labute approximate surface area is 100 Å². The number of hydrogen-bond donors (Lipinski definition) is 1. The summed E-state index contributed by atoms with van der Waals surface area (Å²) in [4.78, 5) is 2.47. The fraction of sp³-hybridized carbons (Fsp3) is 1.00. The topological polar surface area (TPSA) is 38.5 Å². The summed E-state index contributed by atoms with van der Waals surface area (Å²) in [6.07, 6.45) is 3.76. The van der Waals surface area contributed by atoms with Crippen molar-refractivity contribution in [2.24, 2.45) is 11.1 Å². The zero-order valence-corrected chi connectivity index (χ0v) is 11.2. The molecule has 3 nitrogen and oxygen atoms in total. The molecule has 2 atom stereocenters. The van der Waals surface area contributed by atoms with E-state index in [1.165, 1.54) is 19.3 Å². The van der Waals surface area contributed by atoms with Gasteiger partial charge in [0.2, 0.25) is 0 Å². The Morgan fingerprint density at radius 1 is 1.44 bits per heavy atom. The number of likely N-dealkylation sites (N-methyl/N-ethyl adjacent to an activating group) is 1. The molecule has 0 aromatic rings. The third kappa shape index (κ3) is 3.72. The first-order valence-electron chi connectivity index (χ1n) is 6.68. The van der Waals surface area contributed by atoms with Crippen molar-refractivity contribution >= 4 is 0 Å². The molecular formula is C13H28N2O. The van der Waals surface area contributed by atoms with Crippen molar-refractivity contribution < 1.29 is 4.74 Å². The number of nitrogens with zero attached hydrogens (tertiary/aromatic N) is 1. The van der Waals surface area contributed by atoms with Crippen LogP contribution in [0.5, 0.6) is 0 Å². The van der Waals surface area contributed by atoms with Crippen LogP contribution >= 0.6 is 0 Å². The second-order valence-electron chi connectivity index (χ2n) is 5.22. The molecule has 1 aliphatic carbocycles. The van der Waals surface area contributed by atoms with E-state index in [9.17, 15) is 0 Å². The molecule has 2 N–H and O–H groups in total. The molecule has 0 bridgehead atoms. The highest BCUT2D eigenvalue weighted by atomic mass is 16.5. The standard InChI is InChI=1S/C13H28N2O/c1-4-15(9-10-16-5-2)11-13(3)8-6-7-12(13)14/h12H,4-11,14H2,1-3H3. The second kappa shape index (κ2) is 6.58. The summed E-state index contributed by atoms with van der Waals surface area (Å²) in [5, 5.41) is 0. The lowest BCUT2D eigenvalue weighted by Crippen LogP contribution is -2.45. The van der Waals surface area contributed by atoms with Crippen LogP contribution in [0, 0.1) is 5.41 Å². The Morgan fingerprint density at radius 3 is 2.69 bits per heavy atom. The van der Waals surface area contributed by atoms with E-state index < -0.39 is 0 Å². The van der Waals surface area contributed by atoms with Gasteiger partial charge in [-0.15, -0.1) is 0 Å². The van der Waals surface area contributed by atoms with Gasteiger partial charge >= 0.3 is 0 Å². The highest BCUT2D eigenvalue weighted by molar-refractivity contribution is 4.93. The molecule has 0 aromatic heterocycles. The molecular weight excluding hydrogens is 200 g/mol. The number of nitrogens with two attached hydrogens (primary N) is 1. The van der Waals surface area contributed by atoms with Crippen molar-refractivity contribution in [2.45, 2.75) is 46.1 Å². The van der Waals surface area contributed by atoms with Gasteiger partial charge in [0.05, 0.1) is 6.61 Å². The van der Waals surface area contributed by atoms with E-state index in [2.05, 4.69) is 18.7 Å². The maximum atomic E-state index is 6.21. The van der Waals surface area contributed by atoms with Crippen LogP contribution in [-0.4, -0.2) is 43.8 Å². The summed E-state index contributed by atoms with van der Waals surface area (Å²) >= 11 is 0. The lowest BCUT2D eigenvalue weighted by atomic mass is 9.84. The van der Waals surface area contributed by atoms with E-state index in [-0.39, 0.29) is 0 Å². The number of ether oxygens (including phenoxy) is 1. The highest BCUT2D eigenvalue weighted by Crippen LogP contribution is 2.37. The van der Waals surface area contributed by atoms with Gasteiger partial charge in [-0.25, -0.2) is 0 Å². The first-order valence-corrected chi connectivity index (χ1v) is 6.68. The minimum Gasteiger partial charge on any atom is -0.380 e. The van der Waals surface area contributed by atoms with Gasteiger partial charge in [-0.2, -0.15) is 0 Å². The summed E-state index contributed by atoms with van der Waals surface area (Å²) in [5.41, 5.74) is 6.53. The molecule has 0 saturated heterocycles. The first kappa shape index (κ1) is 13.9. The molecule has 16 heavy (non-hydrogen) atoms. The second-order valence-corrected chi connectivity index (χ2v) is 5.22. The van der Waals surface area contributed by atoms with Gasteiger partial charge in [0, 0.05) is 25.7 Å². The van der Waals surface area contributed by atoms with Crippen molar-refractivity contribution in [3.8, 4) is 0 Å². The van der Waals surface area contributed by atoms with Crippen molar-refractivity contribution in [1.82, 2.24) is 4.90 Å². The van der Waals surface area contributed by atoms with Crippen LogP contribution in [0.4, 0.5) is 0 Å². The van der Waals surface area contributed by atoms with Gasteiger partial charge in [-0.3, -0.25) is 0 Å². The van der Waals surface area contributed by atoms with Crippen LogP contribution in [0.2, 0.25) is 0 Å². The Hall–Kier alpha value is -0.120. The molecule has 1 rings (SSSR count). The lowest BCUT2D eigenvalue weighted by molar-refractivity contribution is 0.0906. The molecule has 3 heteroatoms. The third-order valence-corrected chi connectivity index (χ3v) is 3.95. The van der Waals surface area contributed by atoms with Crippen molar-refractivity contribution in [1.29, 1.82) is 0 Å². The summed E-state index contributed by atoms with van der Waals surface area (Å²) in [5.74, 6) is 0. The SMILES string of the molecule is CCOCCN(CC)CC1(C)CCCC1N. The molecule has 96 valence electrons. The molecule has 0 heterocycles. The van der Waals surface area contributed by atoms with Gasteiger partial charge in [0.1, 0.15) is 0 Å². The average Bonchev–Trinajstić information content (AvgIpc) is 2.58. The van der Waals surface area contributed by atoms with Gasteiger partial charge < -0.3 is 15.4 Å². The molecule has 0 aromatic carbocycles. The lowest BCUT2D eigenvalue weighted by Gasteiger charge is -2.35. The summed E-state index contributed by atoms with van der Waals surface area (Å²) < 4.78 is 5.42. The Balaban J connectivity index is 2.36. The Bertz CT molecular complexity index is 198. The van der Waals surface area contributed by atoms with Gasteiger partial charge in [0.15, 0.2) is 0 Å². The summed E-state index contributed by atoms with van der Waals surface area (Å²) in [6.45, 7) is 11.5. The molecule has 0 amide bonds. The summed E-state index contributed by atoms with van der Waals surface area (Å²) in [7, 11) is 0. The van der Waals surface area contributed by atoms with Crippen LogP contribution in [0.1, 0.15) is 40.0 Å². The van der Waals surface area contributed by atoms with Crippen LogP contribution in [-0.2, 0) is 4.74 Å². The zero-order valence-electron chi connectivity index (χ0n) is 11.2. The Kier molecular flexibility index (Phi) is 5.73. The maximum absolute atomic E-state index is 6.21. The quantitative estimate of drug-likeness (QED) is 0.676. The zero-order chi connectivity index (χ0) is 12.0. The van der Waals surface area contributed by atoms with E-state index >= 15 is 0 Å². The molecule has 1 fully saturated rings. The smallest absolute Gasteiger partial charge is 0.0593 e. The fourth-order valence-electron chi connectivity index (χ4n) is 2.65. The average molecular weight is 228 g/mol. The maximum Gasteiger partial charge on any atom is 0.0593 e. The monoisotopic (exact) mass is 228 g/mol. The van der Waals surface area contributed by atoms with Crippen LogP contribution < -0.4 is 5.73 Å². The number of hydrogen-bond acceptors (Lipinski definition) is 3. The van der Waals surface area contributed by atoms with E-state index in [1.807, 2.05) is 6.92 Å². The van der Waals surface area contributed by atoms with Crippen LogP contribution in [0.15, 0.2) is 0 Å². The molecule has 2 unspecified atom stereocenters. The predicted octanol–water partition coefficient (Wildman–Crippen LogP) is 1.86. The predicted molar refractivity (Wildman–Crippen MR) is 68.5 cm³/mol. The highest BCUT2D eigenvalue weighted by Gasteiger charge is 2.37. The van der Waals surface area contributed by atoms with Crippen molar-refractivity contribution in [3.05, 3.63) is 0 Å². The van der Waals surface area contributed by atoms with Crippen LogP contribution in [0.3, 0.4) is 0 Å². The van der Waals surface area contributed by atoms with E-state index in [4.69, 9.17) is 10.5 Å². The fourth-order valence-corrected chi connectivity index (χ4v) is 2.65. The van der Waals surface area contributed by atoms with Gasteiger partial charge in [0.25, 0.3) is 0 Å². The molecule has 1 aliphatic rings. The third-order valence-electron chi connectivity index (χ3n) is 3.95. The largest absolute Gasteiger partial charge is 0.380 e. The molecule has 0 radical (unpaired) electrons. The van der Waals surface area contributed by atoms with Crippen molar-refractivity contribution in [2.75, 3.05) is 32.8 Å². The molecule has 1 saturated carbocycles. The van der Waals surface area contributed by atoms with Crippen molar-refractivity contribution in [3.63, 3.8) is 0 Å². The normalized spacial score (nSPS) is 30.2. The molecule has 0 aliphatic heterocycles. The van der Waals surface area contributed by atoms with E-state index in [0.717, 1.165) is 32.8 Å². The van der Waals surface area contributed by atoms with Crippen LogP contribution in [0.25, 0.3) is 0 Å².